The molecule has 0 aliphatic carbocycles. The molecule has 1 saturated heterocycles. The van der Waals surface area contributed by atoms with Crippen molar-refractivity contribution in [2.75, 3.05) is 6.54 Å². The summed E-state index contributed by atoms with van der Waals surface area (Å²) >= 11 is 1.63. The molecular formula is C19H21N5OS. The Morgan fingerprint density at radius 3 is 2.96 bits per heavy atom. The first kappa shape index (κ1) is 16.9. The quantitative estimate of drug-likeness (QED) is 0.708. The molecule has 1 fully saturated rings. The van der Waals surface area contributed by atoms with Gasteiger partial charge in [0.2, 0.25) is 0 Å². The number of hydrogen-bond donors (Lipinski definition) is 0. The molecule has 3 aromatic heterocycles. The smallest absolute Gasteiger partial charge is 0.257 e. The minimum Gasteiger partial charge on any atom is -0.336 e. The highest BCUT2D eigenvalue weighted by Gasteiger charge is 2.27. The van der Waals surface area contributed by atoms with E-state index in [9.17, 15) is 4.79 Å². The van der Waals surface area contributed by atoms with Crippen molar-refractivity contribution in [2.24, 2.45) is 0 Å². The molecule has 0 N–H and O–H groups in total. The molecule has 1 aliphatic heterocycles. The highest BCUT2D eigenvalue weighted by molar-refractivity contribution is 7.13. The van der Waals surface area contributed by atoms with Crippen LogP contribution in [-0.4, -0.2) is 43.1 Å². The van der Waals surface area contributed by atoms with Crippen molar-refractivity contribution in [3.05, 3.63) is 47.2 Å². The average molecular weight is 367 g/mol. The number of amides is 1. The number of carbonyl (C=O) groups excluding carboxylic acids is 1. The van der Waals surface area contributed by atoms with Crippen LogP contribution >= 0.6 is 11.3 Å². The number of rotatable bonds is 3. The largest absolute Gasteiger partial charge is 0.336 e. The van der Waals surface area contributed by atoms with Gasteiger partial charge in [-0.05, 0) is 50.6 Å². The van der Waals surface area contributed by atoms with E-state index in [4.69, 9.17) is 0 Å². The van der Waals surface area contributed by atoms with Gasteiger partial charge in [0.1, 0.15) is 0 Å². The van der Waals surface area contributed by atoms with Gasteiger partial charge in [-0.2, -0.15) is 5.10 Å². The maximum absolute atomic E-state index is 13.0. The van der Waals surface area contributed by atoms with Gasteiger partial charge in [-0.15, -0.1) is 11.3 Å². The lowest BCUT2D eigenvalue weighted by Crippen LogP contribution is -2.42. The van der Waals surface area contributed by atoms with Crippen LogP contribution in [0.2, 0.25) is 0 Å². The summed E-state index contributed by atoms with van der Waals surface area (Å²) in [5.41, 5.74) is 2.26. The SMILES string of the molecule is Cc1c(C(=O)N2CCCCC2C)cnn1-c1nccc(-c2cccs2)n1. The van der Waals surface area contributed by atoms with Gasteiger partial charge in [-0.3, -0.25) is 4.79 Å². The summed E-state index contributed by atoms with van der Waals surface area (Å²) in [7, 11) is 0. The van der Waals surface area contributed by atoms with Crippen LogP contribution in [0.1, 0.15) is 42.2 Å². The zero-order chi connectivity index (χ0) is 18.1. The van der Waals surface area contributed by atoms with Gasteiger partial charge in [0.25, 0.3) is 11.9 Å². The van der Waals surface area contributed by atoms with Crippen molar-refractivity contribution >= 4 is 17.2 Å². The first-order valence-corrected chi connectivity index (χ1v) is 9.76. The third-order valence-electron chi connectivity index (χ3n) is 4.91. The van der Waals surface area contributed by atoms with Crippen molar-refractivity contribution < 1.29 is 4.79 Å². The van der Waals surface area contributed by atoms with E-state index in [-0.39, 0.29) is 11.9 Å². The molecule has 1 atom stereocenters. The molecule has 7 heteroatoms. The number of hydrogen-bond acceptors (Lipinski definition) is 5. The number of thiophene rings is 1. The predicted molar refractivity (Wildman–Crippen MR) is 102 cm³/mol. The summed E-state index contributed by atoms with van der Waals surface area (Å²) < 4.78 is 1.65. The van der Waals surface area contributed by atoms with E-state index in [1.165, 1.54) is 6.42 Å². The molecule has 1 aliphatic rings. The second kappa shape index (κ2) is 6.99. The van der Waals surface area contributed by atoms with Gasteiger partial charge in [-0.1, -0.05) is 6.07 Å². The Hall–Kier alpha value is -2.54. The predicted octanol–water partition coefficient (Wildman–Crippen LogP) is 3.71. The molecule has 6 nitrogen and oxygen atoms in total. The zero-order valence-electron chi connectivity index (χ0n) is 14.9. The van der Waals surface area contributed by atoms with E-state index in [1.54, 1.807) is 28.4 Å². The second-order valence-corrected chi connectivity index (χ2v) is 7.57. The standard InChI is InChI=1S/C19H21N5OS/c1-13-6-3-4-10-23(13)18(25)15-12-21-24(14(15)2)19-20-9-8-16(22-19)17-7-5-11-26-17/h5,7-9,11-13H,3-4,6,10H2,1-2H3. The fraction of sp³-hybridized carbons (Fsp3) is 0.368. The Bertz CT molecular complexity index is 918. The van der Waals surface area contributed by atoms with E-state index in [1.807, 2.05) is 35.4 Å². The molecule has 4 heterocycles. The minimum absolute atomic E-state index is 0.0513. The monoisotopic (exact) mass is 367 g/mol. The topological polar surface area (TPSA) is 63.9 Å². The third-order valence-corrected chi connectivity index (χ3v) is 5.80. The van der Waals surface area contributed by atoms with Gasteiger partial charge in [0, 0.05) is 18.8 Å². The summed E-state index contributed by atoms with van der Waals surface area (Å²) in [5.74, 6) is 0.537. The molecule has 134 valence electrons. The molecular weight excluding hydrogens is 346 g/mol. The Kier molecular flexibility index (Phi) is 4.55. The van der Waals surface area contributed by atoms with Crippen molar-refractivity contribution in [3.63, 3.8) is 0 Å². The molecule has 0 saturated carbocycles. The van der Waals surface area contributed by atoms with Gasteiger partial charge in [-0.25, -0.2) is 14.6 Å². The Balaban J connectivity index is 1.65. The number of likely N-dealkylation sites (tertiary alicyclic amines) is 1. The first-order valence-electron chi connectivity index (χ1n) is 8.88. The zero-order valence-corrected chi connectivity index (χ0v) is 15.7. The molecule has 4 rings (SSSR count). The van der Waals surface area contributed by atoms with Gasteiger partial charge >= 0.3 is 0 Å². The molecule has 26 heavy (non-hydrogen) atoms. The summed E-state index contributed by atoms with van der Waals surface area (Å²) in [4.78, 5) is 25.0. The van der Waals surface area contributed by atoms with Crippen molar-refractivity contribution in [1.29, 1.82) is 0 Å². The van der Waals surface area contributed by atoms with Crippen LogP contribution in [0.15, 0.2) is 36.0 Å². The highest BCUT2D eigenvalue weighted by atomic mass is 32.1. The Morgan fingerprint density at radius 2 is 2.19 bits per heavy atom. The summed E-state index contributed by atoms with van der Waals surface area (Å²) in [6.07, 6.45) is 6.68. The van der Waals surface area contributed by atoms with E-state index in [0.717, 1.165) is 35.7 Å². The van der Waals surface area contributed by atoms with Crippen LogP contribution in [0.5, 0.6) is 0 Å². The average Bonchev–Trinajstić information content (AvgIpc) is 3.32. The lowest BCUT2D eigenvalue weighted by atomic mass is 10.0. The molecule has 0 radical (unpaired) electrons. The van der Waals surface area contributed by atoms with Crippen LogP contribution in [0.25, 0.3) is 16.5 Å². The Labute approximate surface area is 156 Å². The van der Waals surface area contributed by atoms with Crippen LogP contribution < -0.4 is 0 Å². The highest BCUT2D eigenvalue weighted by Crippen LogP contribution is 2.24. The number of piperidine rings is 1. The first-order chi connectivity index (χ1) is 12.6. The fourth-order valence-electron chi connectivity index (χ4n) is 3.39. The molecule has 0 spiro atoms. The van der Waals surface area contributed by atoms with Crippen LogP contribution in [0.3, 0.4) is 0 Å². The van der Waals surface area contributed by atoms with Gasteiger partial charge in [0.15, 0.2) is 0 Å². The lowest BCUT2D eigenvalue weighted by molar-refractivity contribution is 0.0635. The summed E-state index contributed by atoms with van der Waals surface area (Å²) in [5, 5.41) is 6.42. The number of nitrogens with zero attached hydrogens (tertiary/aromatic N) is 5. The Morgan fingerprint density at radius 1 is 1.31 bits per heavy atom. The van der Waals surface area contributed by atoms with Crippen molar-refractivity contribution in [3.8, 4) is 16.5 Å². The van der Waals surface area contributed by atoms with Crippen molar-refractivity contribution in [1.82, 2.24) is 24.6 Å². The maximum atomic E-state index is 13.0. The minimum atomic E-state index is 0.0513. The molecule has 0 aromatic carbocycles. The molecule has 0 bridgehead atoms. The van der Waals surface area contributed by atoms with Gasteiger partial charge in [0.05, 0.1) is 28.0 Å². The van der Waals surface area contributed by atoms with E-state index in [0.29, 0.717) is 11.5 Å². The number of carbonyl (C=O) groups is 1. The van der Waals surface area contributed by atoms with Crippen LogP contribution in [0.4, 0.5) is 0 Å². The van der Waals surface area contributed by atoms with E-state index >= 15 is 0 Å². The lowest BCUT2D eigenvalue weighted by Gasteiger charge is -2.33. The van der Waals surface area contributed by atoms with E-state index < -0.39 is 0 Å². The van der Waals surface area contributed by atoms with E-state index in [2.05, 4.69) is 22.0 Å². The molecule has 3 aromatic rings. The maximum Gasteiger partial charge on any atom is 0.257 e. The normalized spacial score (nSPS) is 17.5. The molecule has 1 amide bonds. The van der Waals surface area contributed by atoms with Crippen LogP contribution in [-0.2, 0) is 0 Å². The summed E-state index contributed by atoms with van der Waals surface area (Å²) in [6, 6.07) is 6.18. The second-order valence-electron chi connectivity index (χ2n) is 6.62. The van der Waals surface area contributed by atoms with Crippen molar-refractivity contribution in [2.45, 2.75) is 39.2 Å². The fourth-order valence-corrected chi connectivity index (χ4v) is 4.08. The third kappa shape index (κ3) is 3.03. The number of aromatic nitrogens is 4. The summed E-state index contributed by atoms with van der Waals surface area (Å²) in [6.45, 7) is 4.83. The van der Waals surface area contributed by atoms with Crippen LogP contribution in [0, 0.1) is 6.92 Å². The molecule has 1 unspecified atom stereocenters. The van der Waals surface area contributed by atoms with Gasteiger partial charge < -0.3 is 4.90 Å².